The molecule has 0 bridgehead atoms. The molecule has 24 heavy (non-hydrogen) atoms. The van der Waals surface area contributed by atoms with E-state index < -0.39 is 11.9 Å². The Bertz CT molecular complexity index is 864. The largest absolute Gasteiger partial charge is 0.337 e. The number of carbonyl (C=O) groups excluding carboxylic acids is 1. The smallest absolute Gasteiger partial charge is 0.272 e. The maximum atomic E-state index is 12.7. The summed E-state index contributed by atoms with van der Waals surface area (Å²) in [5, 5.41) is 3.38. The van der Waals surface area contributed by atoms with E-state index in [0.717, 1.165) is 5.56 Å². The highest BCUT2D eigenvalue weighted by Crippen LogP contribution is 2.22. The van der Waals surface area contributed by atoms with Gasteiger partial charge < -0.3 is 9.88 Å². The van der Waals surface area contributed by atoms with Crippen molar-refractivity contribution < 1.29 is 4.79 Å². The number of halogens is 2. The van der Waals surface area contributed by atoms with Gasteiger partial charge in [0.05, 0.1) is 5.02 Å². The zero-order chi connectivity index (χ0) is 17.1. The van der Waals surface area contributed by atoms with Crippen molar-refractivity contribution in [1.82, 2.24) is 19.9 Å². The highest BCUT2D eigenvalue weighted by molar-refractivity contribution is 6.34. The summed E-state index contributed by atoms with van der Waals surface area (Å²) in [7, 11) is 1.87. The summed E-state index contributed by atoms with van der Waals surface area (Å²) in [6.07, 6.45) is 3.50. The average molecular weight is 361 g/mol. The fraction of sp³-hybridized carbons (Fsp3) is 0.118. The van der Waals surface area contributed by atoms with Crippen molar-refractivity contribution in [3.05, 3.63) is 82.1 Å². The predicted molar refractivity (Wildman–Crippen MR) is 93.2 cm³/mol. The lowest BCUT2D eigenvalue weighted by Gasteiger charge is -2.19. The van der Waals surface area contributed by atoms with E-state index in [2.05, 4.69) is 15.3 Å². The van der Waals surface area contributed by atoms with Crippen LogP contribution in [0.5, 0.6) is 0 Å². The van der Waals surface area contributed by atoms with Crippen LogP contribution in [0.4, 0.5) is 0 Å². The van der Waals surface area contributed by atoms with Crippen LogP contribution in [-0.2, 0) is 7.05 Å². The molecule has 1 aromatic carbocycles. The molecule has 0 fully saturated rings. The van der Waals surface area contributed by atoms with Crippen LogP contribution in [0, 0.1) is 0 Å². The maximum Gasteiger partial charge on any atom is 0.272 e. The van der Waals surface area contributed by atoms with Gasteiger partial charge in [-0.1, -0.05) is 53.5 Å². The molecule has 0 spiro atoms. The van der Waals surface area contributed by atoms with Gasteiger partial charge in [0.1, 0.15) is 22.7 Å². The number of hydrogen-bond acceptors (Lipinski definition) is 3. The molecule has 122 valence electrons. The normalized spacial score (nSPS) is 12.0. The second-order valence-electron chi connectivity index (χ2n) is 5.18. The third-order valence-electron chi connectivity index (χ3n) is 3.55. The number of amides is 1. The Kier molecular flexibility index (Phi) is 4.83. The fourth-order valence-corrected chi connectivity index (χ4v) is 2.71. The molecule has 0 radical (unpaired) electrons. The number of nitrogens with one attached hydrogen (secondary N) is 1. The standard InChI is InChI=1S/C17H14Cl2N4O/c1-23-10-9-20-16(23)14(11-5-3-2-4-6-11)22-17(24)15-12(18)7-8-13(19)21-15/h2-10,14H,1H3,(H,22,24)/t14-/m0/s1. The molecule has 0 saturated heterocycles. The van der Waals surface area contributed by atoms with Crippen molar-refractivity contribution in [2.24, 2.45) is 7.05 Å². The van der Waals surface area contributed by atoms with Crippen LogP contribution in [0.15, 0.2) is 54.9 Å². The zero-order valence-corrected chi connectivity index (χ0v) is 14.3. The van der Waals surface area contributed by atoms with Gasteiger partial charge in [0.2, 0.25) is 0 Å². The van der Waals surface area contributed by atoms with Crippen molar-refractivity contribution in [2.45, 2.75) is 6.04 Å². The zero-order valence-electron chi connectivity index (χ0n) is 12.8. The van der Waals surface area contributed by atoms with Crippen molar-refractivity contribution in [1.29, 1.82) is 0 Å². The lowest BCUT2D eigenvalue weighted by Crippen LogP contribution is -2.31. The summed E-state index contributed by atoms with van der Waals surface area (Å²) in [6.45, 7) is 0. The highest BCUT2D eigenvalue weighted by Gasteiger charge is 2.23. The first-order chi connectivity index (χ1) is 11.6. The van der Waals surface area contributed by atoms with E-state index in [-0.39, 0.29) is 15.9 Å². The summed E-state index contributed by atoms with van der Waals surface area (Å²) in [4.78, 5) is 21.0. The minimum Gasteiger partial charge on any atom is -0.337 e. The summed E-state index contributed by atoms with van der Waals surface area (Å²) in [5.41, 5.74) is 0.984. The van der Waals surface area contributed by atoms with Gasteiger partial charge in [-0.2, -0.15) is 0 Å². The molecular formula is C17H14Cl2N4O. The minimum atomic E-state index is -0.435. The SMILES string of the molecule is Cn1ccnc1[C@@H](NC(=O)c1nc(Cl)ccc1Cl)c1ccccc1. The molecule has 0 unspecified atom stereocenters. The van der Waals surface area contributed by atoms with Crippen molar-refractivity contribution in [2.75, 3.05) is 0 Å². The number of aromatic nitrogens is 3. The minimum absolute atomic E-state index is 0.0827. The average Bonchev–Trinajstić information content (AvgIpc) is 3.01. The second kappa shape index (κ2) is 7.03. The Balaban J connectivity index is 1.97. The number of pyridine rings is 1. The summed E-state index contributed by atoms with van der Waals surface area (Å²) < 4.78 is 1.85. The Morgan fingerprint density at radius 2 is 1.92 bits per heavy atom. The Morgan fingerprint density at radius 3 is 2.58 bits per heavy atom. The molecule has 1 atom stereocenters. The number of imidazole rings is 1. The maximum absolute atomic E-state index is 12.7. The molecule has 5 nitrogen and oxygen atoms in total. The van der Waals surface area contributed by atoms with Crippen LogP contribution >= 0.6 is 23.2 Å². The fourth-order valence-electron chi connectivity index (χ4n) is 2.37. The van der Waals surface area contributed by atoms with Gasteiger partial charge in [0.25, 0.3) is 5.91 Å². The topological polar surface area (TPSA) is 59.8 Å². The van der Waals surface area contributed by atoms with E-state index in [9.17, 15) is 4.79 Å². The molecule has 0 saturated carbocycles. The van der Waals surface area contributed by atoms with Crippen LogP contribution in [0.3, 0.4) is 0 Å². The Hall–Kier alpha value is -2.37. The van der Waals surface area contributed by atoms with E-state index in [4.69, 9.17) is 23.2 Å². The Morgan fingerprint density at radius 1 is 1.17 bits per heavy atom. The number of carbonyl (C=O) groups is 1. The van der Waals surface area contributed by atoms with Crippen LogP contribution < -0.4 is 5.32 Å². The second-order valence-corrected chi connectivity index (χ2v) is 5.97. The van der Waals surface area contributed by atoms with Gasteiger partial charge in [-0.25, -0.2) is 9.97 Å². The van der Waals surface area contributed by atoms with Crippen molar-refractivity contribution in [3.63, 3.8) is 0 Å². The van der Waals surface area contributed by atoms with Gasteiger partial charge >= 0.3 is 0 Å². The number of hydrogen-bond donors (Lipinski definition) is 1. The van der Waals surface area contributed by atoms with E-state index >= 15 is 0 Å². The lowest BCUT2D eigenvalue weighted by atomic mass is 10.1. The summed E-state index contributed by atoms with van der Waals surface area (Å²) in [5.74, 6) is 0.284. The molecule has 1 N–H and O–H groups in total. The molecule has 7 heteroatoms. The molecule has 0 aliphatic rings. The van der Waals surface area contributed by atoms with Crippen molar-refractivity contribution in [3.8, 4) is 0 Å². The number of rotatable bonds is 4. The molecular weight excluding hydrogens is 347 g/mol. The third kappa shape index (κ3) is 3.42. The number of aryl methyl sites for hydroxylation is 1. The molecule has 0 aliphatic carbocycles. The molecule has 2 aromatic heterocycles. The first kappa shape index (κ1) is 16.5. The first-order valence-corrected chi connectivity index (χ1v) is 7.97. The van der Waals surface area contributed by atoms with Crippen LogP contribution in [0.1, 0.15) is 27.9 Å². The molecule has 3 aromatic rings. The predicted octanol–water partition coefficient (Wildman–Crippen LogP) is 3.64. The van der Waals surface area contributed by atoms with E-state index in [1.807, 2.05) is 48.1 Å². The highest BCUT2D eigenvalue weighted by atomic mass is 35.5. The Labute approximate surface area is 149 Å². The van der Waals surface area contributed by atoms with Gasteiger partial charge in [-0.3, -0.25) is 4.79 Å². The van der Waals surface area contributed by atoms with Gasteiger partial charge in [0.15, 0.2) is 0 Å². The number of nitrogens with zero attached hydrogens (tertiary/aromatic N) is 3. The molecule has 2 heterocycles. The van der Waals surface area contributed by atoms with Crippen LogP contribution in [-0.4, -0.2) is 20.4 Å². The van der Waals surface area contributed by atoms with E-state index in [1.54, 1.807) is 12.3 Å². The number of benzene rings is 1. The van der Waals surface area contributed by atoms with Gasteiger partial charge in [-0.15, -0.1) is 0 Å². The van der Waals surface area contributed by atoms with Crippen LogP contribution in [0.25, 0.3) is 0 Å². The lowest BCUT2D eigenvalue weighted by molar-refractivity contribution is 0.0936. The van der Waals surface area contributed by atoms with Gasteiger partial charge in [0, 0.05) is 19.4 Å². The first-order valence-electron chi connectivity index (χ1n) is 7.21. The molecule has 1 amide bonds. The van der Waals surface area contributed by atoms with E-state index in [1.165, 1.54) is 6.07 Å². The van der Waals surface area contributed by atoms with Crippen molar-refractivity contribution >= 4 is 29.1 Å². The van der Waals surface area contributed by atoms with Crippen LogP contribution in [0.2, 0.25) is 10.2 Å². The molecule has 3 rings (SSSR count). The summed E-state index contributed by atoms with van der Waals surface area (Å²) >= 11 is 11.9. The van der Waals surface area contributed by atoms with Gasteiger partial charge in [-0.05, 0) is 17.7 Å². The third-order valence-corrected chi connectivity index (χ3v) is 4.07. The van der Waals surface area contributed by atoms with E-state index in [0.29, 0.717) is 5.82 Å². The summed E-state index contributed by atoms with van der Waals surface area (Å²) in [6, 6.07) is 12.2. The quantitative estimate of drug-likeness (QED) is 0.722. The molecule has 0 aliphatic heterocycles. The monoisotopic (exact) mass is 360 g/mol.